The molecule has 25 heavy (non-hydrogen) atoms. The van der Waals surface area contributed by atoms with Crippen LogP contribution in [0.25, 0.3) is 0 Å². The molecular weight excluding hydrogens is 401 g/mol. The largest absolute Gasteiger partial charge is 0.465 e. The lowest BCUT2D eigenvalue weighted by atomic mass is 10.4. The van der Waals surface area contributed by atoms with Gasteiger partial charge in [-0.1, -0.05) is 0 Å². The van der Waals surface area contributed by atoms with Gasteiger partial charge in [0.15, 0.2) is 0 Å². The van der Waals surface area contributed by atoms with E-state index in [2.05, 4.69) is 18.3 Å². The van der Waals surface area contributed by atoms with E-state index in [1.54, 1.807) is 0 Å². The first-order chi connectivity index (χ1) is 11.4. The summed E-state index contributed by atoms with van der Waals surface area (Å²) in [6.45, 7) is 3.82. The summed E-state index contributed by atoms with van der Waals surface area (Å²) >= 11 is 0. The fraction of sp³-hybridized carbons (Fsp3) is 0.909. The lowest BCUT2D eigenvalue weighted by Gasteiger charge is -2.36. The van der Waals surface area contributed by atoms with E-state index < -0.39 is 53.0 Å². The molecule has 0 bridgehead atoms. The molecule has 0 aromatic rings. The Bertz CT molecular complexity index is 564. The van der Waals surface area contributed by atoms with Gasteiger partial charge in [-0.05, 0) is 27.7 Å². The predicted octanol–water partition coefficient (Wildman–Crippen LogP) is 1.91. The Morgan fingerprint density at radius 3 is 1.52 bits per heavy atom. The number of carbonyl (C=O) groups is 1. The highest BCUT2D eigenvalue weighted by Gasteiger charge is 2.72. The van der Waals surface area contributed by atoms with Crippen molar-refractivity contribution in [3.05, 3.63) is 0 Å². The van der Waals surface area contributed by atoms with E-state index in [0.717, 1.165) is 0 Å². The van der Waals surface area contributed by atoms with Gasteiger partial charge in [0, 0.05) is 0 Å². The molecule has 0 aliphatic rings. The third-order valence-electron chi connectivity index (χ3n) is 2.90. The Morgan fingerprint density at radius 2 is 1.20 bits per heavy atom. The minimum atomic E-state index is -5.32. The van der Waals surface area contributed by atoms with Gasteiger partial charge in [-0.25, -0.2) is 0 Å². The van der Waals surface area contributed by atoms with Crippen LogP contribution < -0.4 is 0 Å². The number of esters is 1. The number of carbonyl (C=O) groups excluding carboxylic acids is 1. The van der Waals surface area contributed by atoms with Crippen LogP contribution in [0.15, 0.2) is 0 Å². The summed E-state index contributed by atoms with van der Waals surface area (Å²) in [6.07, 6.45) is -1.49. The molecule has 0 heterocycles. The molecule has 3 N–H and O–H groups in total. The maximum atomic E-state index is 12.7. The third kappa shape index (κ3) is 5.70. The van der Waals surface area contributed by atoms with Crippen molar-refractivity contribution in [1.82, 2.24) is 0 Å². The minimum Gasteiger partial charge on any atom is -0.465 e. The van der Waals surface area contributed by atoms with E-state index in [9.17, 15) is 33.2 Å². The Kier molecular flexibility index (Phi) is 9.71. The fourth-order valence-electron chi connectivity index (χ4n) is 1.97. The summed E-state index contributed by atoms with van der Waals surface area (Å²) in [5.74, 6) is -1.66. The molecule has 0 saturated carbocycles. The molecule has 11 nitrogen and oxygen atoms in total. The summed E-state index contributed by atoms with van der Waals surface area (Å²) in [5, 5.41) is 0. The first-order valence-electron chi connectivity index (χ1n) is 7.45. The monoisotopic (exact) mass is 426 g/mol. The molecule has 3 atom stereocenters. The van der Waals surface area contributed by atoms with Gasteiger partial charge in [-0.2, -0.15) is 0 Å². The maximum Gasteiger partial charge on any atom is 0.358 e. The molecule has 14 heteroatoms. The quantitative estimate of drug-likeness (QED) is 0.308. The van der Waals surface area contributed by atoms with Crippen molar-refractivity contribution in [2.45, 2.75) is 32.6 Å². The van der Waals surface area contributed by atoms with Gasteiger partial charge in [-0.15, -0.1) is 0 Å². The van der Waals surface area contributed by atoms with E-state index in [1.165, 1.54) is 27.7 Å². The first-order valence-corrected chi connectivity index (χ1v) is 12.4. The lowest BCUT2D eigenvalue weighted by molar-refractivity contribution is -0.144. The summed E-state index contributed by atoms with van der Waals surface area (Å²) < 4.78 is 56.1. The van der Waals surface area contributed by atoms with Crippen molar-refractivity contribution >= 4 is 28.8 Å². The molecule has 0 saturated heterocycles. The van der Waals surface area contributed by atoms with Crippen molar-refractivity contribution in [1.29, 1.82) is 0 Å². The number of hydrogen-bond acceptors (Lipinski definition) is 8. The fourth-order valence-corrected chi connectivity index (χ4v) is 8.99. The molecule has 0 aliphatic heterocycles. The van der Waals surface area contributed by atoms with Crippen molar-refractivity contribution in [3.8, 4) is 0 Å². The Labute approximate surface area is 146 Å². The Morgan fingerprint density at radius 1 is 0.800 bits per heavy atom. The normalized spacial score (nSPS) is 21.4. The number of ether oxygens (including phenoxy) is 1. The zero-order chi connectivity index (χ0) is 19.9. The van der Waals surface area contributed by atoms with Crippen LogP contribution in [-0.4, -0.2) is 58.1 Å². The van der Waals surface area contributed by atoms with Gasteiger partial charge in [0.2, 0.25) is 0 Å². The second-order valence-electron chi connectivity index (χ2n) is 4.63. The van der Waals surface area contributed by atoms with Crippen LogP contribution in [0, 0.1) is 0 Å². The molecule has 0 rings (SSSR count). The van der Waals surface area contributed by atoms with Crippen LogP contribution in [0.4, 0.5) is 0 Å². The summed E-state index contributed by atoms with van der Waals surface area (Å²) in [5.41, 5.74) is 0. The van der Waals surface area contributed by atoms with Crippen molar-refractivity contribution in [2.24, 2.45) is 0 Å². The van der Waals surface area contributed by atoms with Crippen LogP contribution >= 0.6 is 22.8 Å². The smallest absolute Gasteiger partial charge is 0.358 e. The van der Waals surface area contributed by atoms with Crippen molar-refractivity contribution in [2.75, 3.05) is 32.6 Å². The zero-order valence-corrected chi connectivity index (χ0v) is 17.2. The van der Waals surface area contributed by atoms with Gasteiger partial charge in [0.25, 0.3) is 4.90 Å². The van der Waals surface area contributed by atoms with Gasteiger partial charge in [0.05, 0.1) is 32.6 Å². The molecular formula is C11H25O11P3. The highest BCUT2D eigenvalue weighted by molar-refractivity contribution is 7.76. The lowest BCUT2D eigenvalue weighted by Crippen LogP contribution is -2.44. The van der Waals surface area contributed by atoms with E-state index >= 15 is 0 Å². The standard InChI is InChI=1S/C11H25O11P3/c1-5-19-10(12)11(24(15,16)21-7-3,25(17,18)22-8-4)9-23(13,14)20-6-2/h5-9H2,1-4H3,(H,13,14)(H,15,16)(H,17,18). The van der Waals surface area contributed by atoms with E-state index in [-0.39, 0.29) is 13.2 Å². The van der Waals surface area contributed by atoms with E-state index in [4.69, 9.17) is 0 Å². The maximum absolute atomic E-state index is 12.7. The van der Waals surface area contributed by atoms with E-state index in [0.29, 0.717) is 0 Å². The second-order valence-corrected chi connectivity index (χ2v) is 11.0. The molecule has 150 valence electrons. The van der Waals surface area contributed by atoms with Gasteiger partial charge >= 0.3 is 28.8 Å². The SMILES string of the molecule is CCOC(=O)C(CP(=O)(O)OCC)(P(=O)(O)OCC)P(=O)(O)OCC. The van der Waals surface area contributed by atoms with Crippen molar-refractivity contribution < 1.29 is 51.5 Å². The molecule has 0 fully saturated rings. The van der Waals surface area contributed by atoms with Crippen LogP contribution in [-0.2, 0) is 36.8 Å². The molecule has 0 spiro atoms. The van der Waals surface area contributed by atoms with Gasteiger partial charge < -0.3 is 33.0 Å². The minimum absolute atomic E-state index is 0.290. The van der Waals surface area contributed by atoms with Crippen LogP contribution in [0.5, 0.6) is 0 Å². The van der Waals surface area contributed by atoms with Gasteiger partial charge in [0.1, 0.15) is 0 Å². The molecule has 3 unspecified atom stereocenters. The highest BCUT2D eigenvalue weighted by atomic mass is 31.2. The molecule has 0 radical (unpaired) electrons. The summed E-state index contributed by atoms with van der Waals surface area (Å²) in [7, 11) is -15.4. The Hall–Kier alpha value is -0.0800. The first kappa shape index (κ1) is 24.9. The number of hydrogen-bond donors (Lipinski definition) is 3. The number of rotatable bonds is 12. The molecule has 0 aromatic carbocycles. The topological polar surface area (TPSA) is 166 Å². The average Bonchev–Trinajstić information content (AvgIpc) is 2.44. The van der Waals surface area contributed by atoms with E-state index in [1.807, 2.05) is 0 Å². The highest BCUT2D eigenvalue weighted by Crippen LogP contribution is 2.77. The zero-order valence-electron chi connectivity index (χ0n) is 14.5. The Balaban J connectivity index is 6.64. The molecule has 0 aliphatic carbocycles. The molecule has 0 aromatic heterocycles. The van der Waals surface area contributed by atoms with Crippen LogP contribution in [0.3, 0.4) is 0 Å². The average molecular weight is 426 g/mol. The van der Waals surface area contributed by atoms with Crippen LogP contribution in [0.2, 0.25) is 0 Å². The second kappa shape index (κ2) is 9.74. The van der Waals surface area contributed by atoms with Crippen LogP contribution in [0.1, 0.15) is 27.7 Å². The summed E-state index contributed by atoms with van der Waals surface area (Å²) in [6, 6.07) is 0. The van der Waals surface area contributed by atoms with Crippen molar-refractivity contribution in [3.63, 3.8) is 0 Å². The van der Waals surface area contributed by atoms with Gasteiger partial charge in [-0.3, -0.25) is 18.5 Å². The predicted molar refractivity (Wildman–Crippen MR) is 88.6 cm³/mol. The molecule has 0 amide bonds. The summed E-state index contributed by atoms with van der Waals surface area (Å²) in [4.78, 5) is 39.5. The third-order valence-corrected chi connectivity index (χ3v) is 10.2.